The van der Waals surface area contributed by atoms with E-state index in [-0.39, 0.29) is 5.91 Å². The molecule has 1 fully saturated rings. The minimum atomic E-state index is -0.704. The standard InChI is InChI=1S/C18H24N4O2/c1-24-18(6-8-19-9-7-18)17(23)21-12-15-4-2-3-5-16(15)13-22-11-10-20-14-22/h2-5,10-11,14,19H,6-9,12-13H2,1H3,(H,21,23). The van der Waals surface area contributed by atoms with Crippen molar-refractivity contribution < 1.29 is 9.53 Å². The molecule has 2 N–H and O–H groups in total. The maximum absolute atomic E-state index is 12.7. The third-order valence-electron chi connectivity index (χ3n) is 4.69. The molecule has 1 aromatic heterocycles. The Hall–Kier alpha value is -2.18. The molecule has 1 aliphatic rings. The zero-order valence-electron chi connectivity index (χ0n) is 14.0. The number of piperidine rings is 1. The number of methoxy groups -OCH3 is 1. The summed E-state index contributed by atoms with van der Waals surface area (Å²) in [5, 5.41) is 6.33. The number of benzene rings is 1. The van der Waals surface area contributed by atoms with Crippen LogP contribution in [0.5, 0.6) is 0 Å². The average Bonchev–Trinajstić information content (AvgIpc) is 3.14. The van der Waals surface area contributed by atoms with Crippen molar-refractivity contribution in [2.24, 2.45) is 0 Å². The van der Waals surface area contributed by atoms with Crippen molar-refractivity contribution in [1.82, 2.24) is 20.2 Å². The van der Waals surface area contributed by atoms with Gasteiger partial charge < -0.3 is 19.9 Å². The van der Waals surface area contributed by atoms with Crippen LogP contribution in [0, 0.1) is 0 Å². The molecular weight excluding hydrogens is 304 g/mol. The number of ether oxygens (including phenoxy) is 1. The minimum absolute atomic E-state index is 0.0241. The Labute approximate surface area is 142 Å². The molecule has 0 atom stereocenters. The van der Waals surface area contributed by atoms with E-state index in [1.54, 1.807) is 19.6 Å². The van der Waals surface area contributed by atoms with E-state index in [0.717, 1.165) is 25.2 Å². The topological polar surface area (TPSA) is 68.2 Å². The predicted octanol–water partition coefficient (Wildman–Crippen LogP) is 1.32. The summed E-state index contributed by atoms with van der Waals surface area (Å²) in [6, 6.07) is 8.14. The Morgan fingerprint density at radius 3 is 2.75 bits per heavy atom. The first-order chi connectivity index (χ1) is 11.7. The molecule has 24 heavy (non-hydrogen) atoms. The van der Waals surface area contributed by atoms with Gasteiger partial charge in [0, 0.05) is 32.6 Å². The molecule has 3 rings (SSSR count). The van der Waals surface area contributed by atoms with Crippen LogP contribution in [-0.4, -0.2) is 41.3 Å². The fourth-order valence-electron chi connectivity index (χ4n) is 3.15. The lowest BCUT2D eigenvalue weighted by atomic mass is 9.91. The number of carbonyl (C=O) groups excluding carboxylic acids is 1. The molecule has 128 valence electrons. The van der Waals surface area contributed by atoms with Gasteiger partial charge in [0.15, 0.2) is 0 Å². The van der Waals surface area contributed by atoms with Crippen LogP contribution in [0.15, 0.2) is 43.0 Å². The lowest BCUT2D eigenvalue weighted by molar-refractivity contribution is -0.146. The Kier molecular flexibility index (Phi) is 5.27. The predicted molar refractivity (Wildman–Crippen MR) is 91.5 cm³/mol. The summed E-state index contributed by atoms with van der Waals surface area (Å²) >= 11 is 0. The second-order valence-corrected chi connectivity index (χ2v) is 6.13. The van der Waals surface area contributed by atoms with Crippen molar-refractivity contribution in [3.8, 4) is 0 Å². The van der Waals surface area contributed by atoms with Gasteiger partial charge in [0.1, 0.15) is 5.60 Å². The molecule has 0 saturated carbocycles. The van der Waals surface area contributed by atoms with Crippen LogP contribution >= 0.6 is 0 Å². The van der Waals surface area contributed by atoms with Crippen LogP contribution in [0.4, 0.5) is 0 Å². The maximum atomic E-state index is 12.7. The number of hydrogen-bond acceptors (Lipinski definition) is 4. The van der Waals surface area contributed by atoms with Crippen molar-refractivity contribution in [2.75, 3.05) is 20.2 Å². The molecule has 6 heteroatoms. The van der Waals surface area contributed by atoms with Crippen LogP contribution in [0.1, 0.15) is 24.0 Å². The Bertz CT molecular complexity index is 663. The number of imidazole rings is 1. The van der Waals surface area contributed by atoms with E-state index in [2.05, 4.69) is 27.8 Å². The number of amides is 1. The van der Waals surface area contributed by atoms with Gasteiger partial charge in [-0.15, -0.1) is 0 Å². The number of aromatic nitrogens is 2. The summed E-state index contributed by atoms with van der Waals surface area (Å²) < 4.78 is 7.60. The van der Waals surface area contributed by atoms with Gasteiger partial charge in [-0.1, -0.05) is 24.3 Å². The van der Waals surface area contributed by atoms with E-state index in [1.807, 2.05) is 22.9 Å². The zero-order valence-corrected chi connectivity index (χ0v) is 14.0. The summed E-state index contributed by atoms with van der Waals surface area (Å²) in [4.78, 5) is 16.7. The second kappa shape index (κ2) is 7.59. The quantitative estimate of drug-likeness (QED) is 0.839. The molecule has 1 aromatic carbocycles. The molecule has 2 aromatic rings. The second-order valence-electron chi connectivity index (χ2n) is 6.13. The van der Waals surface area contributed by atoms with Crippen LogP contribution in [0.2, 0.25) is 0 Å². The van der Waals surface area contributed by atoms with Gasteiger partial charge in [0.2, 0.25) is 0 Å². The fourth-order valence-corrected chi connectivity index (χ4v) is 3.15. The molecule has 0 aliphatic carbocycles. The first-order valence-corrected chi connectivity index (χ1v) is 8.30. The van der Waals surface area contributed by atoms with E-state index in [0.29, 0.717) is 19.4 Å². The molecule has 1 amide bonds. The lowest BCUT2D eigenvalue weighted by Crippen LogP contribution is -2.54. The summed E-state index contributed by atoms with van der Waals surface area (Å²) in [5.74, 6) is -0.0241. The molecule has 0 bridgehead atoms. The number of nitrogens with one attached hydrogen (secondary N) is 2. The lowest BCUT2D eigenvalue weighted by Gasteiger charge is -2.34. The van der Waals surface area contributed by atoms with Crippen molar-refractivity contribution in [3.63, 3.8) is 0 Å². The van der Waals surface area contributed by atoms with Gasteiger partial charge in [-0.3, -0.25) is 4.79 Å². The molecule has 0 radical (unpaired) electrons. The summed E-state index contributed by atoms with van der Waals surface area (Å²) in [7, 11) is 1.62. The highest BCUT2D eigenvalue weighted by molar-refractivity contribution is 5.85. The summed E-state index contributed by atoms with van der Waals surface area (Å²) in [6.07, 6.45) is 6.90. The van der Waals surface area contributed by atoms with Gasteiger partial charge >= 0.3 is 0 Å². The van der Waals surface area contributed by atoms with Crippen molar-refractivity contribution in [2.45, 2.75) is 31.5 Å². The highest BCUT2D eigenvalue weighted by Crippen LogP contribution is 2.23. The Morgan fingerprint density at radius 1 is 1.33 bits per heavy atom. The molecule has 0 unspecified atom stereocenters. The normalized spacial score (nSPS) is 16.7. The maximum Gasteiger partial charge on any atom is 0.252 e. The first kappa shape index (κ1) is 16.7. The smallest absolute Gasteiger partial charge is 0.252 e. The van der Waals surface area contributed by atoms with Crippen LogP contribution < -0.4 is 10.6 Å². The summed E-state index contributed by atoms with van der Waals surface area (Å²) in [5.41, 5.74) is 1.58. The Balaban J connectivity index is 1.67. The Morgan fingerprint density at radius 2 is 2.08 bits per heavy atom. The minimum Gasteiger partial charge on any atom is -0.368 e. The fraction of sp³-hybridized carbons (Fsp3) is 0.444. The third-order valence-corrected chi connectivity index (χ3v) is 4.69. The third kappa shape index (κ3) is 3.66. The van der Waals surface area contributed by atoms with Crippen LogP contribution in [0.3, 0.4) is 0 Å². The van der Waals surface area contributed by atoms with Gasteiger partial charge in [-0.2, -0.15) is 0 Å². The average molecular weight is 328 g/mol. The monoisotopic (exact) mass is 328 g/mol. The number of nitrogens with zero attached hydrogens (tertiary/aromatic N) is 2. The van der Waals surface area contributed by atoms with Gasteiger partial charge in [-0.05, 0) is 37.1 Å². The number of hydrogen-bond donors (Lipinski definition) is 2. The number of carbonyl (C=O) groups is 1. The summed E-state index contributed by atoms with van der Waals surface area (Å²) in [6.45, 7) is 2.85. The van der Waals surface area contributed by atoms with E-state index >= 15 is 0 Å². The van der Waals surface area contributed by atoms with E-state index in [9.17, 15) is 4.79 Å². The SMILES string of the molecule is COC1(C(=O)NCc2ccccc2Cn2ccnc2)CCNCC1. The molecule has 6 nitrogen and oxygen atoms in total. The van der Waals surface area contributed by atoms with Crippen LogP contribution in [-0.2, 0) is 22.6 Å². The van der Waals surface area contributed by atoms with Crippen molar-refractivity contribution in [1.29, 1.82) is 0 Å². The molecule has 2 heterocycles. The first-order valence-electron chi connectivity index (χ1n) is 8.30. The van der Waals surface area contributed by atoms with Crippen LogP contribution in [0.25, 0.3) is 0 Å². The van der Waals surface area contributed by atoms with E-state index < -0.39 is 5.60 Å². The van der Waals surface area contributed by atoms with E-state index in [4.69, 9.17) is 4.74 Å². The highest BCUT2D eigenvalue weighted by atomic mass is 16.5. The number of rotatable bonds is 6. The van der Waals surface area contributed by atoms with Gasteiger partial charge in [0.25, 0.3) is 5.91 Å². The van der Waals surface area contributed by atoms with Crippen molar-refractivity contribution >= 4 is 5.91 Å². The van der Waals surface area contributed by atoms with Gasteiger partial charge in [0.05, 0.1) is 6.33 Å². The molecule has 1 aliphatic heterocycles. The van der Waals surface area contributed by atoms with Crippen molar-refractivity contribution in [3.05, 3.63) is 54.1 Å². The molecular formula is C18H24N4O2. The van der Waals surface area contributed by atoms with E-state index in [1.165, 1.54) is 5.56 Å². The largest absolute Gasteiger partial charge is 0.368 e. The highest BCUT2D eigenvalue weighted by Gasteiger charge is 2.39. The zero-order chi connectivity index (χ0) is 16.8. The van der Waals surface area contributed by atoms with Gasteiger partial charge in [-0.25, -0.2) is 4.98 Å². The molecule has 0 spiro atoms. The molecule has 1 saturated heterocycles.